The van der Waals surface area contributed by atoms with Gasteiger partial charge in [0.25, 0.3) is 0 Å². The van der Waals surface area contributed by atoms with Gasteiger partial charge in [0.1, 0.15) is 5.75 Å². The van der Waals surface area contributed by atoms with E-state index in [0.29, 0.717) is 17.0 Å². The highest BCUT2D eigenvalue weighted by molar-refractivity contribution is 5.86. The molecule has 0 aliphatic carbocycles. The minimum absolute atomic E-state index is 0.606. The molecule has 0 spiro atoms. The Morgan fingerprint density at radius 1 is 1.03 bits per heavy atom. The largest absolute Gasteiger partial charge is 0.497 e. The van der Waals surface area contributed by atoms with Gasteiger partial charge in [-0.05, 0) is 35.9 Å². The molecular formula is C27H24N2O4. The average Bonchev–Trinajstić information content (AvgIpc) is 2.86. The summed E-state index contributed by atoms with van der Waals surface area (Å²) in [6, 6.07) is 23.5. The van der Waals surface area contributed by atoms with Crippen LogP contribution in [0.1, 0.15) is 17.2 Å². The third-order valence-corrected chi connectivity index (χ3v) is 5.54. The number of carbonyl (C=O) groups is 1. The molecule has 0 radical (unpaired) electrons. The number of aliphatic hydroxyl groups excluding tert-OH is 1. The van der Waals surface area contributed by atoms with Crippen molar-refractivity contribution in [2.45, 2.75) is 12.1 Å². The van der Waals surface area contributed by atoms with Crippen molar-refractivity contribution in [3.05, 3.63) is 96.6 Å². The van der Waals surface area contributed by atoms with Gasteiger partial charge in [0.15, 0.2) is 6.10 Å². The van der Waals surface area contributed by atoms with Crippen LogP contribution in [0, 0.1) is 0 Å². The zero-order valence-corrected chi connectivity index (χ0v) is 18.1. The van der Waals surface area contributed by atoms with Crippen molar-refractivity contribution in [2.75, 3.05) is 12.4 Å². The summed E-state index contributed by atoms with van der Waals surface area (Å²) >= 11 is 0. The number of nitrogens with one attached hydrogen (secondary N) is 1. The van der Waals surface area contributed by atoms with E-state index in [1.54, 1.807) is 37.5 Å². The lowest BCUT2D eigenvalue weighted by molar-refractivity contribution is -0.147. The average molecular weight is 440 g/mol. The van der Waals surface area contributed by atoms with Gasteiger partial charge < -0.3 is 20.3 Å². The van der Waals surface area contributed by atoms with E-state index in [1.165, 1.54) is 0 Å². The molecule has 0 aliphatic rings. The number of nitrogens with zero attached hydrogens (tertiary/aromatic N) is 1. The Bertz CT molecular complexity index is 1300. The number of carboxylic acids is 1. The number of ether oxygens (including phenoxy) is 1. The highest BCUT2D eigenvalue weighted by Gasteiger charge is 2.28. The van der Waals surface area contributed by atoms with Crippen LogP contribution in [-0.2, 0) is 4.79 Å². The topological polar surface area (TPSA) is 91.7 Å². The molecule has 0 amide bonds. The summed E-state index contributed by atoms with van der Waals surface area (Å²) in [6.07, 6.45) is 0.0331. The van der Waals surface area contributed by atoms with Gasteiger partial charge in [0, 0.05) is 22.2 Å². The molecule has 4 aromatic rings. The number of benzene rings is 3. The molecule has 1 heterocycles. The molecule has 1 aromatic heterocycles. The quantitative estimate of drug-likeness (QED) is 0.351. The standard InChI is InChI=1S/C27H24N2O4/c1-3-20-21(24-16-13-17-7-4-5-9-22(17)28-24)8-6-10-23(20)29-25(26(30)27(31)32)18-11-14-19(33-2)15-12-18/h3-16,25-26,29-30H,1H2,2H3,(H,31,32)/t25-,26-/m0/s1. The first kappa shape index (κ1) is 22.0. The summed E-state index contributed by atoms with van der Waals surface area (Å²) in [7, 11) is 1.56. The first-order valence-corrected chi connectivity index (χ1v) is 10.4. The molecule has 6 nitrogen and oxygen atoms in total. The molecule has 0 saturated heterocycles. The minimum atomic E-state index is -1.67. The highest BCUT2D eigenvalue weighted by Crippen LogP contribution is 2.33. The van der Waals surface area contributed by atoms with Crippen LogP contribution in [0.15, 0.2) is 85.4 Å². The lowest BCUT2D eigenvalue weighted by Gasteiger charge is -2.25. The maximum absolute atomic E-state index is 11.6. The van der Waals surface area contributed by atoms with Crippen LogP contribution in [0.5, 0.6) is 5.75 Å². The van der Waals surface area contributed by atoms with Crippen molar-refractivity contribution in [1.29, 1.82) is 0 Å². The number of aliphatic hydroxyl groups is 1. The SMILES string of the molecule is C=Cc1c(N[C@@H](c2ccc(OC)cc2)[C@H](O)C(=O)O)cccc1-c1ccc2ccccc2n1. The lowest BCUT2D eigenvalue weighted by atomic mass is 9.97. The predicted octanol–water partition coefficient (Wildman–Crippen LogP) is 5.15. The molecule has 0 bridgehead atoms. The van der Waals surface area contributed by atoms with Gasteiger partial charge in [0.2, 0.25) is 0 Å². The summed E-state index contributed by atoms with van der Waals surface area (Å²) in [5.74, 6) is -0.686. The van der Waals surface area contributed by atoms with Gasteiger partial charge in [-0.2, -0.15) is 0 Å². The molecule has 4 rings (SSSR count). The molecule has 33 heavy (non-hydrogen) atoms. The Kier molecular flexibility index (Phi) is 6.38. The van der Waals surface area contributed by atoms with E-state index in [9.17, 15) is 15.0 Å². The molecule has 2 atom stereocenters. The van der Waals surface area contributed by atoms with Gasteiger partial charge in [0.05, 0.1) is 24.4 Å². The van der Waals surface area contributed by atoms with E-state index in [2.05, 4.69) is 11.9 Å². The second-order valence-corrected chi connectivity index (χ2v) is 7.54. The molecule has 0 fully saturated rings. The molecule has 0 saturated carbocycles. The van der Waals surface area contributed by atoms with Crippen molar-refractivity contribution in [3.8, 4) is 17.0 Å². The number of rotatable bonds is 8. The fraction of sp³-hybridized carbons (Fsp3) is 0.111. The Labute approximate surface area is 191 Å². The predicted molar refractivity (Wildman–Crippen MR) is 130 cm³/mol. The second-order valence-electron chi connectivity index (χ2n) is 7.54. The van der Waals surface area contributed by atoms with Crippen LogP contribution in [0.4, 0.5) is 5.69 Å². The summed E-state index contributed by atoms with van der Waals surface area (Å²) in [5.41, 5.74) is 4.50. The van der Waals surface area contributed by atoms with Crippen LogP contribution in [0.3, 0.4) is 0 Å². The number of anilines is 1. The normalized spacial score (nSPS) is 12.7. The molecule has 3 aromatic carbocycles. The van der Waals surface area contributed by atoms with Crippen LogP contribution in [0.2, 0.25) is 0 Å². The van der Waals surface area contributed by atoms with Crippen LogP contribution >= 0.6 is 0 Å². The summed E-state index contributed by atoms with van der Waals surface area (Å²) in [5, 5.41) is 24.2. The zero-order chi connectivity index (χ0) is 23.4. The summed E-state index contributed by atoms with van der Waals surface area (Å²) < 4.78 is 5.19. The summed E-state index contributed by atoms with van der Waals surface area (Å²) in [4.78, 5) is 16.4. The van der Waals surface area contributed by atoms with Crippen LogP contribution in [0.25, 0.3) is 28.2 Å². The van der Waals surface area contributed by atoms with Crippen LogP contribution < -0.4 is 10.1 Å². The molecular weight excluding hydrogens is 416 g/mol. The van der Waals surface area contributed by atoms with Gasteiger partial charge in [-0.25, -0.2) is 9.78 Å². The van der Waals surface area contributed by atoms with Gasteiger partial charge in [-0.3, -0.25) is 0 Å². The smallest absolute Gasteiger partial charge is 0.335 e. The fourth-order valence-electron chi connectivity index (χ4n) is 3.82. The molecule has 3 N–H and O–H groups in total. The number of aliphatic carboxylic acids is 1. The number of carboxylic acid groups (broad SMARTS) is 1. The van der Waals surface area contributed by atoms with E-state index in [4.69, 9.17) is 9.72 Å². The number of para-hydroxylation sites is 1. The number of aromatic nitrogens is 1. The van der Waals surface area contributed by atoms with Gasteiger partial charge >= 0.3 is 5.97 Å². The monoisotopic (exact) mass is 440 g/mol. The molecule has 0 unspecified atom stereocenters. The Morgan fingerprint density at radius 3 is 2.48 bits per heavy atom. The molecule has 0 aliphatic heterocycles. The summed E-state index contributed by atoms with van der Waals surface area (Å²) in [6.45, 7) is 3.96. The second kappa shape index (κ2) is 9.54. The van der Waals surface area contributed by atoms with Gasteiger partial charge in [-0.15, -0.1) is 0 Å². The van der Waals surface area contributed by atoms with E-state index >= 15 is 0 Å². The fourth-order valence-corrected chi connectivity index (χ4v) is 3.82. The Morgan fingerprint density at radius 2 is 1.79 bits per heavy atom. The number of fused-ring (bicyclic) bond motifs is 1. The minimum Gasteiger partial charge on any atom is -0.497 e. The molecule has 166 valence electrons. The highest BCUT2D eigenvalue weighted by atomic mass is 16.5. The van der Waals surface area contributed by atoms with Crippen molar-refractivity contribution in [2.24, 2.45) is 0 Å². The van der Waals surface area contributed by atoms with E-state index in [1.807, 2.05) is 54.6 Å². The van der Waals surface area contributed by atoms with E-state index < -0.39 is 18.1 Å². The zero-order valence-electron chi connectivity index (χ0n) is 18.1. The Hall–Kier alpha value is -4.16. The number of methoxy groups -OCH3 is 1. The number of hydrogen-bond donors (Lipinski definition) is 3. The van der Waals surface area contributed by atoms with Gasteiger partial charge in [-0.1, -0.05) is 61.2 Å². The number of hydrogen-bond acceptors (Lipinski definition) is 5. The lowest BCUT2D eigenvalue weighted by Crippen LogP contribution is -2.32. The maximum atomic E-state index is 11.6. The van der Waals surface area contributed by atoms with Crippen molar-refractivity contribution in [3.63, 3.8) is 0 Å². The third-order valence-electron chi connectivity index (χ3n) is 5.54. The molecule has 6 heteroatoms. The maximum Gasteiger partial charge on any atom is 0.335 e. The van der Waals surface area contributed by atoms with E-state index in [-0.39, 0.29) is 0 Å². The number of pyridine rings is 1. The van der Waals surface area contributed by atoms with Crippen molar-refractivity contribution < 1.29 is 19.7 Å². The Balaban J connectivity index is 1.76. The first-order valence-electron chi connectivity index (χ1n) is 10.4. The van der Waals surface area contributed by atoms with Crippen LogP contribution in [-0.4, -0.2) is 34.4 Å². The van der Waals surface area contributed by atoms with Crippen molar-refractivity contribution in [1.82, 2.24) is 4.98 Å². The van der Waals surface area contributed by atoms with E-state index in [0.717, 1.165) is 27.7 Å². The first-order chi connectivity index (χ1) is 16.0. The van der Waals surface area contributed by atoms with Crippen molar-refractivity contribution >= 4 is 28.6 Å². The third kappa shape index (κ3) is 4.56.